The fraction of sp³-hybridized carbons (Fsp3) is 0.639. The van der Waals surface area contributed by atoms with E-state index in [0.717, 1.165) is 49.6 Å². The summed E-state index contributed by atoms with van der Waals surface area (Å²) < 4.78 is 1.50. The van der Waals surface area contributed by atoms with Crippen molar-refractivity contribution in [3.8, 4) is 0 Å². The van der Waals surface area contributed by atoms with Crippen molar-refractivity contribution >= 4 is 29.8 Å². The van der Waals surface area contributed by atoms with E-state index in [9.17, 15) is 19.2 Å². The van der Waals surface area contributed by atoms with Gasteiger partial charge < -0.3 is 26.2 Å². The minimum absolute atomic E-state index is 0.0156. The second kappa shape index (κ2) is 17.4. The van der Waals surface area contributed by atoms with Gasteiger partial charge in [0.05, 0.1) is 0 Å². The Morgan fingerprint density at radius 2 is 1.72 bits per heavy atom. The molecule has 1 aromatic heterocycles. The van der Waals surface area contributed by atoms with Crippen LogP contribution >= 0.6 is 0 Å². The van der Waals surface area contributed by atoms with Crippen LogP contribution < -0.4 is 21.3 Å². The first-order chi connectivity index (χ1) is 22.5. The van der Waals surface area contributed by atoms with Crippen LogP contribution in [0.25, 0.3) is 0 Å². The van der Waals surface area contributed by atoms with E-state index < -0.39 is 11.6 Å². The van der Waals surface area contributed by atoms with Gasteiger partial charge in [-0.25, -0.2) is 0 Å². The molecule has 1 heterocycles. The molecule has 0 saturated heterocycles. The topological polar surface area (TPSA) is 137 Å². The third-order valence-corrected chi connectivity index (χ3v) is 9.52. The molecule has 1 aromatic carbocycles. The maximum absolute atomic E-state index is 13.9. The molecule has 0 bridgehead atoms. The minimum Gasteiger partial charge on any atom is -0.354 e. The summed E-state index contributed by atoms with van der Waals surface area (Å²) in [6.45, 7) is 13.2. The van der Waals surface area contributed by atoms with Crippen LogP contribution in [0.2, 0.25) is 0 Å². The first-order valence-corrected chi connectivity index (χ1v) is 17.4. The molecule has 0 aliphatic heterocycles. The highest BCUT2D eigenvalue weighted by Crippen LogP contribution is 2.37. The number of likely N-dealkylation sites (N-methyl/N-ethyl adjacent to an activating group) is 1. The van der Waals surface area contributed by atoms with E-state index in [2.05, 4.69) is 40.2 Å². The number of hydrogen-bond acceptors (Lipinski definition) is 6. The lowest BCUT2D eigenvalue weighted by molar-refractivity contribution is -0.141. The Hall–Kier alpha value is -3.73. The molecule has 4 N–H and O–H groups in total. The van der Waals surface area contributed by atoms with Gasteiger partial charge in [-0.3, -0.25) is 23.9 Å². The molecule has 47 heavy (non-hydrogen) atoms. The zero-order valence-electron chi connectivity index (χ0n) is 29.7. The first kappa shape index (κ1) is 37.7. The number of carbonyl (C=O) groups is 4. The largest absolute Gasteiger partial charge is 0.354 e. The number of rotatable bonds is 14. The van der Waals surface area contributed by atoms with Gasteiger partial charge in [-0.1, -0.05) is 66.9 Å². The van der Waals surface area contributed by atoms with Crippen molar-refractivity contribution in [2.24, 2.45) is 24.8 Å². The highest BCUT2D eigenvalue weighted by Gasteiger charge is 2.49. The second-order valence-corrected chi connectivity index (χ2v) is 13.5. The van der Waals surface area contributed by atoms with Crippen LogP contribution in [0.3, 0.4) is 0 Å². The molecule has 4 rings (SSSR count). The number of aryl methyl sites for hydroxylation is 1. The van der Waals surface area contributed by atoms with Crippen molar-refractivity contribution in [2.45, 2.75) is 104 Å². The molecule has 2 aliphatic carbocycles. The molecule has 11 heteroatoms. The van der Waals surface area contributed by atoms with Crippen LogP contribution in [0.5, 0.6) is 0 Å². The predicted octanol–water partition coefficient (Wildman–Crippen LogP) is 4.08. The van der Waals surface area contributed by atoms with Crippen molar-refractivity contribution in [3.05, 3.63) is 47.3 Å². The second-order valence-electron chi connectivity index (χ2n) is 13.5. The molecule has 0 spiro atoms. The van der Waals surface area contributed by atoms with Gasteiger partial charge in [-0.15, -0.1) is 0 Å². The molecule has 2 aromatic rings. The Morgan fingerprint density at radius 1 is 1.04 bits per heavy atom. The normalized spacial score (nSPS) is 18.9. The van der Waals surface area contributed by atoms with Crippen LogP contribution in [0, 0.1) is 17.8 Å². The van der Waals surface area contributed by atoms with Crippen LogP contribution in [0.4, 0.5) is 5.69 Å². The van der Waals surface area contributed by atoms with Gasteiger partial charge >= 0.3 is 0 Å². The summed E-state index contributed by atoms with van der Waals surface area (Å²) >= 11 is 0. The highest BCUT2D eigenvalue weighted by molar-refractivity contribution is 6.01. The Morgan fingerprint density at radius 3 is 2.30 bits per heavy atom. The third-order valence-electron chi connectivity index (χ3n) is 9.52. The number of amides is 4. The van der Waals surface area contributed by atoms with E-state index in [-0.39, 0.29) is 41.5 Å². The number of anilines is 1. The van der Waals surface area contributed by atoms with E-state index >= 15 is 0 Å². The number of benzene rings is 1. The summed E-state index contributed by atoms with van der Waals surface area (Å²) in [5.74, 6) is -0.211. The lowest BCUT2D eigenvalue weighted by Gasteiger charge is -2.40. The van der Waals surface area contributed by atoms with E-state index in [1.807, 2.05) is 52.9 Å². The fourth-order valence-corrected chi connectivity index (χ4v) is 6.75. The van der Waals surface area contributed by atoms with Crippen LogP contribution in [-0.4, -0.2) is 76.6 Å². The minimum atomic E-state index is -1.08. The maximum atomic E-state index is 13.9. The van der Waals surface area contributed by atoms with Gasteiger partial charge in [-0.05, 0) is 67.0 Å². The third kappa shape index (κ3) is 9.21. The molecule has 11 nitrogen and oxygen atoms in total. The van der Waals surface area contributed by atoms with Gasteiger partial charge in [0.1, 0.15) is 17.3 Å². The molecule has 3 unspecified atom stereocenters. The van der Waals surface area contributed by atoms with E-state index in [4.69, 9.17) is 0 Å². The van der Waals surface area contributed by atoms with E-state index in [0.29, 0.717) is 37.3 Å². The average molecular weight is 652 g/mol. The summed E-state index contributed by atoms with van der Waals surface area (Å²) in [6, 6.07) is 6.65. The van der Waals surface area contributed by atoms with Gasteiger partial charge in [-0.2, -0.15) is 5.10 Å². The lowest BCUT2D eigenvalue weighted by atomic mass is 9.83. The molecular formula is C36H57N7O4. The highest BCUT2D eigenvalue weighted by atomic mass is 16.2. The van der Waals surface area contributed by atoms with Gasteiger partial charge in [0.15, 0.2) is 0 Å². The first-order valence-electron chi connectivity index (χ1n) is 17.4. The van der Waals surface area contributed by atoms with Crippen molar-refractivity contribution in [1.82, 2.24) is 30.6 Å². The fourth-order valence-electron chi connectivity index (χ4n) is 6.75. The molecule has 3 atom stereocenters. The molecule has 2 aliphatic rings. The van der Waals surface area contributed by atoms with Crippen molar-refractivity contribution in [1.29, 1.82) is 0 Å². The van der Waals surface area contributed by atoms with E-state index in [1.165, 1.54) is 4.68 Å². The molecule has 0 radical (unpaired) electrons. The van der Waals surface area contributed by atoms with Crippen molar-refractivity contribution in [2.75, 3.05) is 25.5 Å². The molecule has 1 saturated carbocycles. The quantitative estimate of drug-likeness (QED) is 0.227. The van der Waals surface area contributed by atoms with Gasteiger partial charge in [0, 0.05) is 50.9 Å². The number of hydrogen-bond donors (Lipinski definition) is 4. The Kier molecular flexibility index (Phi) is 14.0. The van der Waals surface area contributed by atoms with Crippen molar-refractivity contribution < 1.29 is 19.2 Å². The number of fused-ring (bicyclic) bond motifs is 1. The summed E-state index contributed by atoms with van der Waals surface area (Å²) in [5.41, 5.74) is 1.80. The Bertz CT molecular complexity index is 1350. The maximum Gasteiger partial charge on any atom is 0.270 e. The predicted molar refractivity (Wildman–Crippen MR) is 186 cm³/mol. The number of aromatic nitrogens is 2. The zero-order chi connectivity index (χ0) is 34.7. The summed E-state index contributed by atoms with van der Waals surface area (Å²) in [5, 5.41) is 16.5. The smallest absolute Gasteiger partial charge is 0.270 e. The van der Waals surface area contributed by atoms with Crippen molar-refractivity contribution in [3.63, 3.8) is 0 Å². The summed E-state index contributed by atoms with van der Waals surface area (Å²) in [6.07, 6.45) is 8.00. The van der Waals surface area contributed by atoms with Crippen LogP contribution in [0.15, 0.2) is 30.5 Å². The number of carbonyl (C=O) groups excluding carboxylic acids is 4. The SMILES string of the molecule is CC.CNC(CN(C=O)C1(C(=O)NCC(C)C)Cc2ccc(NC(=O)C(NC(=O)c3ccnn3C)C3CCCCC3)cc2C1)C(C)C. The zero-order valence-corrected chi connectivity index (χ0v) is 29.7. The molecule has 260 valence electrons. The lowest BCUT2D eigenvalue weighted by Crippen LogP contribution is -2.62. The average Bonchev–Trinajstić information content (AvgIpc) is 3.67. The number of nitrogens with zero attached hydrogens (tertiary/aromatic N) is 3. The number of nitrogens with one attached hydrogen (secondary N) is 4. The molecular weight excluding hydrogens is 594 g/mol. The Labute approximate surface area is 281 Å². The molecule has 1 fully saturated rings. The van der Waals surface area contributed by atoms with Gasteiger partial charge in [0.25, 0.3) is 5.91 Å². The van der Waals surface area contributed by atoms with Gasteiger partial charge in [0.2, 0.25) is 18.2 Å². The summed E-state index contributed by atoms with van der Waals surface area (Å²) in [4.78, 5) is 55.1. The van der Waals surface area contributed by atoms with E-state index in [1.54, 1.807) is 24.2 Å². The monoisotopic (exact) mass is 651 g/mol. The van der Waals surface area contributed by atoms with Crippen LogP contribution in [-0.2, 0) is 34.3 Å². The standard InChI is InChI=1S/C34H51N7O4.C2H6/c1-22(2)19-36-33(45)34(41(21-42)20-28(35-5)23(3)4)17-25-12-13-27(16-26(25)18-34)38-32(44)30(24-10-8-7-9-11-24)39-31(43)29-14-15-37-40(29)6;1-2/h12-16,21-24,28,30,35H,7-11,17-20H2,1-6H3,(H,36,45)(H,38,44)(H,39,43);1-2H3. The van der Waals surface area contributed by atoms with Crippen LogP contribution in [0.1, 0.15) is 95.3 Å². The summed E-state index contributed by atoms with van der Waals surface area (Å²) in [7, 11) is 3.57. The Balaban J connectivity index is 0.00000294. The molecule has 4 amide bonds.